The fourth-order valence-electron chi connectivity index (χ4n) is 1.12. The molecule has 3 nitrogen and oxygen atoms in total. The molecule has 0 N–H and O–H groups in total. The Morgan fingerprint density at radius 2 is 1.82 bits per heavy atom. The van der Waals surface area contributed by atoms with E-state index < -0.39 is 6.36 Å². The van der Waals surface area contributed by atoms with Crippen molar-refractivity contribution < 1.29 is 17.9 Å². The lowest BCUT2D eigenvalue weighted by Crippen LogP contribution is -2.16. The van der Waals surface area contributed by atoms with Crippen LogP contribution in [0.5, 0.6) is 5.75 Å². The van der Waals surface area contributed by atoms with E-state index in [-0.39, 0.29) is 5.75 Å². The van der Waals surface area contributed by atoms with Crippen LogP contribution in [0.1, 0.15) is 0 Å². The molecule has 0 atom stereocenters. The normalized spacial score (nSPS) is 11.5. The van der Waals surface area contributed by atoms with Gasteiger partial charge in [-0.2, -0.15) is 4.37 Å². The molecule has 0 aliphatic carbocycles. The van der Waals surface area contributed by atoms with Gasteiger partial charge in [0.25, 0.3) is 0 Å². The van der Waals surface area contributed by atoms with Gasteiger partial charge < -0.3 is 4.74 Å². The second-order valence-electron chi connectivity index (χ2n) is 2.94. The molecule has 0 aliphatic heterocycles. The average Bonchev–Trinajstić information content (AvgIpc) is 2.63. The number of aromatic nitrogens is 2. The minimum Gasteiger partial charge on any atom is -0.406 e. The number of hydrogen-bond donors (Lipinski definition) is 0. The van der Waals surface area contributed by atoms with Crippen molar-refractivity contribution in [1.82, 2.24) is 9.36 Å². The van der Waals surface area contributed by atoms with Crippen molar-refractivity contribution in [2.45, 2.75) is 6.36 Å². The van der Waals surface area contributed by atoms with E-state index in [0.717, 1.165) is 11.5 Å². The molecule has 0 radical (unpaired) electrons. The molecule has 0 saturated carbocycles. The minimum atomic E-state index is -4.67. The zero-order valence-corrected chi connectivity index (χ0v) is 10.4. The van der Waals surface area contributed by atoms with Gasteiger partial charge in [0.1, 0.15) is 10.8 Å². The first kappa shape index (κ1) is 12.3. The van der Waals surface area contributed by atoms with Crippen LogP contribution in [0.15, 0.2) is 29.0 Å². The molecule has 0 bridgehead atoms. The Hall–Kier alpha value is -1.15. The fraction of sp³-hybridized carbons (Fsp3) is 0.111. The van der Waals surface area contributed by atoms with Crippen LogP contribution < -0.4 is 4.74 Å². The van der Waals surface area contributed by atoms with E-state index in [9.17, 15) is 13.2 Å². The summed E-state index contributed by atoms with van der Waals surface area (Å²) >= 11 is 4.25. The standard InChI is InChI=1S/C9H4BrF3N2OS/c10-8-14-7(17-15-8)5-1-3-6(4-2-5)16-9(11,12)13/h1-4H. The van der Waals surface area contributed by atoms with Gasteiger partial charge in [-0.05, 0) is 51.7 Å². The third-order valence-electron chi connectivity index (χ3n) is 1.74. The maximum absolute atomic E-state index is 11.9. The molecule has 1 aromatic heterocycles. The lowest BCUT2D eigenvalue weighted by atomic mass is 10.2. The highest BCUT2D eigenvalue weighted by Gasteiger charge is 2.30. The molecule has 1 heterocycles. The summed E-state index contributed by atoms with van der Waals surface area (Å²) in [6.45, 7) is 0. The summed E-state index contributed by atoms with van der Waals surface area (Å²) in [5, 5.41) is 0.621. The van der Waals surface area contributed by atoms with Gasteiger partial charge in [0.05, 0.1) is 0 Å². The van der Waals surface area contributed by atoms with Gasteiger partial charge in [0.2, 0.25) is 4.73 Å². The number of nitrogens with zero attached hydrogens (tertiary/aromatic N) is 2. The van der Waals surface area contributed by atoms with E-state index in [1.165, 1.54) is 24.3 Å². The number of ether oxygens (including phenoxy) is 1. The summed E-state index contributed by atoms with van der Waals surface area (Å²) < 4.78 is 43.9. The summed E-state index contributed by atoms with van der Waals surface area (Å²) in [6, 6.07) is 5.46. The van der Waals surface area contributed by atoms with Crippen molar-refractivity contribution >= 4 is 27.5 Å². The van der Waals surface area contributed by atoms with Crippen molar-refractivity contribution in [2.75, 3.05) is 0 Å². The first-order valence-corrected chi connectivity index (χ1v) is 5.86. The minimum absolute atomic E-state index is 0.259. The van der Waals surface area contributed by atoms with Gasteiger partial charge in [-0.3, -0.25) is 0 Å². The lowest BCUT2D eigenvalue weighted by Gasteiger charge is -2.08. The molecule has 0 amide bonds. The van der Waals surface area contributed by atoms with Gasteiger partial charge in [0, 0.05) is 5.56 Å². The molecule has 0 unspecified atom stereocenters. The number of rotatable bonds is 2. The number of benzene rings is 1. The van der Waals surface area contributed by atoms with Crippen LogP contribution in [0.25, 0.3) is 10.6 Å². The quantitative estimate of drug-likeness (QED) is 0.841. The molecule has 2 rings (SSSR count). The summed E-state index contributed by atoms with van der Waals surface area (Å²) in [4.78, 5) is 4.05. The zero-order chi connectivity index (χ0) is 12.5. The van der Waals surface area contributed by atoms with Crippen LogP contribution in [0.4, 0.5) is 13.2 Å². The lowest BCUT2D eigenvalue weighted by molar-refractivity contribution is -0.274. The maximum atomic E-state index is 11.9. The molecule has 1 aromatic carbocycles. The third-order valence-corrected chi connectivity index (χ3v) is 3.09. The van der Waals surface area contributed by atoms with Gasteiger partial charge in [-0.1, -0.05) is 0 Å². The third kappa shape index (κ3) is 3.40. The van der Waals surface area contributed by atoms with Gasteiger partial charge in [-0.25, -0.2) is 4.98 Å². The smallest absolute Gasteiger partial charge is 0.406 e. The van der Waals surface area contributed by atoms with Crippen molar-refractivity contribution in [2.24, 2.45) is 0 Å². The Balaban J connectivity index is 2.19. The van der Waals surface area contributed by atoms with E-state index in [0.29, 0.717) is 15.3 Å². The predicted molar refractivity (Wildman–Crippen MR) is 59.7 cm³/mol. The molecular formula is C9H4BrF3N2OS. The van der Waals surface area contributed by atoms with Crippen LogP contribution in [0.2, 0.25) is 0 Å². The first-order chi connectivity index (χ1) is 7.94. The van der Waals surface area contributed by atoms with E-state index in [4.69, 9.17) is 0 Å². The van der Waals surface area contributed by atoms with Crippen LogP contribution in [0, 0.1) is 0 Å². The van der Waals surface area contributed by atoms with Crippen LogP contribution in [0.3, 0.4) is 0 Å². The highest BCUT2D eigenvalue weighted by Crippen LogP contribution is 2.27. The van der Waals surface area contributed by atoms with Crippen LogP contribution >= 0.6 is 27.5 Å². The molecule has 0 spiro atoms. The second-order valence-corrected chi connectivity index (χ2v) is 4.40. The number of hydrogen-bond acceptors (Lipinski definition) is 4. The zero-order valence-electron chi connectivity index (χ0n) is 8.03. The Labute approximate surface area is 107 Å². The summed E-state index contributed by atoms with van der Waals surface area (Å²) in [5.41, 5.74) is 0.683. The van der Waals surface area contributed by atoms with Gasteiger partial charge >= 0.3 is 6.36 Å². The Morgan fingerprint density at radius 1 is 1.18 bits per heavy atom. The van der Waals surface area contributed by atoms with E-state index in [2.05, 4.69) is 30.0 Å². The Bertz CT molecular complexity index is 512. The Morgan fingerprint density at radius 3 is 2.29 bits per heavy atom. The summed E-state index contributed by atoms with van der Waals surface area (Å²) in [6.07, 6.45) is -4.67. The first-order valence-electron chi connectivity index (χ1n) is 4.29. The second kappa shape index (κ2) is 4.61. The van der Waals surface area contributed by atoms with Crippen molar-refractivity contribution in [3.05, 3.63) is 29.0 Å². The fourth-order valence-corrected chi connectivity index (χ4v) is 2.21. The number of alkyl halides is 3. The summed E-state index contributed by atoms with van der Waals surface area (Å²) in [7, 11) is 0. The van der Waals surface area contributed by atoms with E-state index >= 15 is 0 Å². The topological polar surface area (TPSA) is 35.0 Å². The largest absolute Gasteiger partial charge is 0.573 e. The Kier molecular flexibility index (Phi) is 3.34. The molecule has 90 valence electrons. The monoisotopic (exact) mass is 324 g/mol. The maximum Gasteiger partial charge on any atom is 0.573 e. The highest BCUT2D eigenvalue weighted by atomic mass is 79.9. The molecule has 2 aromatic rings. The molecule has 0 saturated heterocycles. The van der Waals surface area contributed by atoms with Crippen molar-refractivity contribution in [1.29, 1.82) is 0 Å². The van der Waals surface area contributed by atoms with Crippen LogP contribution in [-0.4, -0.2) is 15.7 Å². The van der Waals surface area contributed by atoms with Crippen molar-refractivity contribution in [3.8, 4) is 16.3 Å². The predicted octanol–water partition coefficient (Wildman–Crippen LogP) is 3.87. The molecule has 0 fully saturated rings. The molecule has 8 heteroatoms. The van der Waals surface area contributed by atoms with Crippen molar-refractivity contribution in [3.63, 3.8) is 0 Å². The highest BCUT2D eigenvalue weighted by molar-refractivity contribution is 9.10. The SMILES string of the molecule is FC(F)(F)Oc1ccc(-c2nc(Br)ns2)cc1. The van der Waals surface area contributed by atoms with Gasteiger partial charge in [0.15, 0.2) is 0 Å². The number of halogens is 4. The molecule has 17 heavy (non-hydrogen) atoms. The van der Waals surface area contributed by atoms with Gasteiger partial charge in [-0.15, -0.1) is 13.2 Å². The average molecular weight is 325 g/mol. The van der Waals surface area contributed by atoms with Crippen LogP contribution in [-0.2, 0) is 0 Å². The molecule has 0 aliphatic rings. The molecular weight excluding hydrogens is 321 g/mol. The van der Waals surface area contributed by atoms with E-state index in [1.54, 1.807) is 0 Å². The van der Waals surface area contributed by atoms with E-state index in [1.807, 2.05) is 0 Å². The summed E-state index contributed by atoms with van der Waals surface area (Å²) in [5.74, 6) is -0.259.